The molecular formula is C10H13N5O. The highest BCUT2D eigenvalue weighted by Crippen LogP contribution is 2.16. The average molecular weight is 219 g/mol. The summed E-state index contributed by atoms with van der Waals surface area (Å²) in [4.78, 5) is 20.5. The van der Waals surface area contributed by atoms with Gasteiger partial charge in [-0.05, 0) is 13.8 Å². The summed E-state index contributed by atoms with van der Waals surface area (Å²) in [5, 5.41) is 8.89. The molecule has 0 spiro atoms. The second-order valence-electron chi connectivity index (χ2n) is 3.53. The van der Waals surface area contributed by atoms with E-state index in [1.807, 2.05) is 19.9 Å². The normalized spacial score (nSPS) is 9.88. The predicted octanol–water partition coefficient (Wildman–Crippen LogP) is 0.0484. The third-order valence-corrected chi connectivity index (χ3v) is 2.01. The fourth-order valence-electron chi connectivity index (χ4n) is 1.29. The number of carbonyl (C=O) groups excluding carboxylic acids is 1. The van der Waals surface area contributed by atoms with Crippen LogP contribution < -0.4 is 10.6 Å². The van der Waals surface area contributed by atoms with Gasteiger partial charge < -0.3 is 10.6 Å². The van der Waals surface area contributed by atoms with E-state index in [0.29, 0.717) is 5.82 Å². The van der Waals surface area contributed by atoms with Crippen LogP contribution in [0.4, 0.5) is 5.82 Å². The van der Waals surface area contributed by atoms with Gasteiger partial charge in [-0.15, -0.1) is 0 Å². The van der Waals surface area contributed by atoms with E-state index in [1.54, 1.807) is 4.90 Å². The molecule has 0 radical (unpaired) electrons. The number of hydrogen-bond acceptors (Lipinski definition) is 5. The monoisotopic (exact) mass is 219 g/mol. The zero-order chi connectivity index (χ0) is 12.1. The van der Waals surface area contributed by atoms with Gasteiger partial charge >= 0.3 is 0 Å². The Morgan fingerprint density at radius 1 is 1.56 bits per heavy atom. The number of nitriles is 1. The van der Waals surface area contributed by atoms with E-state index in [0.717, 1.165) is 0 Å². The molecule has 0 aliphatic rings. The van der Waals surface area contributed by atoms with Crippen LogP contribution in [0.1, 0.15) is 19.5 Å². The zero-order valence-corrected chi connectivity index (χ0v) is 9.21. The van der Waals surface area contributed by atoms with Crippen LogP contribution in [-0.4, -0.2) is 28.5 Å². The minimum Gasteiger partial charge on any atom is -0.368 e. The average Bonchev–Trinajstić information content (AvgIpc) is 2.25. The maximum Gasteiger partial charge on any atom is 0.237 e. The molecule has 0 bridgehead atoms. The second kappa shape index (κ2) is 5.07. The van der Waals surface area contributed by atoms with Crippen molar-refractivity contribution in [1.29, 1.82) is 5.26 Å². The van der Waals surface area contributed by atoms with Crippen molar-refractivity contribution in [3.63, 3.8) is 0 Å². The molecule has 0 fully saturated rings. The lowest BCUT2D eigenvalue weighted by Gasteiger charge is -2.26. The largest absolute Gasteiger partial charge is 0.368 e. The fraction of sp³-hybridized carbons (Fsp3) is 0.400. The molecule has 0 saturated carbocycles. The highest BCUT2D eigenvalue weighted by molar-refractivity contribution is 5.79. The van der Waals surface area contributed by atoms with Crippen LogP contribution in [0, 0.1) is 11.3 Å². The van der Waals surface area contributed by atoms with Crippen molar-refractivity contribution in [3.8, 4) is 6.07 Å². The van der Waals surface area contributed by atoms with Gasteiger partial charge in [-0.25, -0.2) is 9.97 Å². The van der Waals surface area contributed by atoms with Crippen LogP contribution in [0.5, 0.6) is 0 Å². The van der Waals surface area contributed by atoms with E-state index >= 15 is 0 Å². The number of amides is 1. The van der Waals surface area contributed by atoms with Crippen LogP contribution in [0.3, 0.4) is 0 Å². The molecule has 0 atom stereocenters. The summed E-state index contributed by atoms with van der Waals surface area (Å²) in [6.07, 6.45) is 2.91. The van der Waals surface area contributed by atoms with Crippen molar-refractivity contribution in [3.05, 3.63) is 18.1 Å². The smallest absolute Gasteiger partial charge is 0.237 e. The van der Waals surface area contributed by atoms with E-state index in [1.165, 1.54) is 12.4 Å². The number of anilines is 1. The van der Waals surface area contributed by atoms with Crippen LogP contribution in [0.2, 0.25) is 0 Å². The summed E-state index contributed by atoms with van der Waals surface area (Å²) >= 11 is 0. The van der Waals surface area contributed by atoms with E-state index < -0.39 is 5.91 Å². The summed E-state index contributed by atoms with van der Waals surface area (Å²) in [7, 11) is 0. The van der Waals surface area contributed by atoms with Crippen LogP contribution >= 0.6 is 0 Å². The molecule has 0 aromatic carbocycles. The summed E-state index contributed by atoms with van der Waals surface area (Å²) in [6.45, 7) is 3.79. The van der Waals surface area contributed by atoms with Crippen molar-refractivity contribution in [2.75, 3.05) is 11.4 Å². The van der Waals surface area contributed by atoms with E-state index in [9.17, 15) is 4.79 Å². The Balaban J connectivity index is 3.11. The molecule has 84 valence electrons. The lowest BCUT2D eigenvalue weighted by molar-refractivity contribution is -0.116. The molecule has 0 unspecified atom stereocenters. The standard InChI is InChI=1S/C10H13N5O/c1-7(2)15(6-9(12)16)10-8(5-11)13-3-4-14-10/h3-4,7H,6H2,1-2H3,(H2,12,16). The second-order valence-corrected chi connectivity index (χ2v) is 3.53. The Kier molecular flexibility index (Phi) is 3.78. The zero-order valence-electron chi connectivity index (χ0n) is 9.21. The summed E-state index contributed by atoms with van der Waals surface area (Å²) in [5.74, 6) is -0.0814. The van der Waals surface area contributed by atoms with Gasteiger partial charge in [-0.2, -0.15) is 5.26 Å². The Bertz CT molecular complexity index is 423. The van der Waals surface area contributed by atoms with Crippen molar-refractivity contribution in [2.24, 2.45) is 5.73 Å². The van der Waals surface area contributed by atoms with Crippen LogP contribution in [0.25, 0.3) is 0 Å². The summed E-state index contributed by atoms with van der Waals surface area (Å²) in [5.41, 5.74) is 5.34. The Hall–Kier alpha value is -2.16. The molecular weight excluding hydrogens is 206 g/mol. The number of rotatable bonds is 4. The number of primary amides is 1. The molecule has 2 N–H and O–H groups in total. The van der Waals surface area contributed by atoms with E-state index in [2.05, 4.69) is 9.97 Å². The summed E-state index contributed by atoms with van der Waals surface area (Å²) in [6, 6.07) is 1.95. The molecule has 1 aromatic rings. The van der Waals surface area contributed by atoms with Crippen molar-refractivity contribution in [2.45, 2.75) is 19.9 Å². The van der Waals surface area contributed by atoms with Crippen LogP contribution in [-0.2, 0) is 4.79 Å². The Labute approximate surface area is 93.7 Å². The van der Waals surface area contributed by atoms with Crippen molar-refractivity contribution in [1.82, 2.24) is 9.97 Å². The van der Waals surface area contributed by atoms with Crippen LogP contribution in [0.15, 0.2) is 12.4 Å². The van der Waals surface area contributed by atoms with Crippen molar-refractivity contribution < 1.29 is 4.79 Å². The number of aromatic nitrogens is 2. The highest BCUT2D eigenvalue weighted by Gasteiger charge is 2.18. The molecule has 1 rings (SSSR count). The number of hydrogen-bond donors (Lipinski definition) is 1. The predicted molar refractivity (Wildman–Crippen MR) is 58.4 cm³/mol. The van der Waals surface area contributed by atoms with Gasteiger partial charge in [-0.1, -0.05) is 0 Å². The maximum atomic E-state index is 10.9. The molecule has 6 nitrogen and oxygen atoms in total. The minimum atomic E-state index is -0.469. The first-order valence-electron chi connectivity index (χ1n) is 4.82. The molecule has 1 heterocycles. The molecule has 0 aliphatic carbocycles. The van der Waals surface area contributed by atoms with Gasteiger partial charge in [0.1, 0.15) is 6.07 Å². The van der Waals surface area contributed by atoms with E-state index in [4.69, 9.17) is 11.0 Å². The molecule has 0 saturated heterocycles. The van der Waals surface area contributed by atoms with Crippen molar-refractivity contribution >= 4 is 11.7 Å². The molecule has 0 aliphatic heterocycles. The topological polar surface area (TPSA) is 95.9 Å². The van der Waals surface area contributed by atoms with Gasteiger partial charge in [-0.3, -0.25) is 4.79 Å². The molecule has 1 aromatic heterocycles. The fourth-order valence-corrected chi connectivity index (χ4v) is 1.29. The minimum absolute atomic E-state index is 0.0105. The van der Waals surface area contributed by atoms with Gasteiger partial charge in [0, 0.05) is 18.4 Å². The first-order valence-corrected chi connectivity index (χ1v) is 4.82. The lowest BCUT2D eigenvalue weighted by atomic mass is 10.3. The number of carbonyl (C=O) groups is 1. The van der Waals surface area contributed by atoms with Gasteiger partial charge in [0.15, 0.2) is 11.5 Å². The third kappa shape index (κ3) is 2.67. The third-order valence-electron chi connectivity index (χ3n) is 2.01. The lowest BCUT2D eigenvalue weighted by Crippen LogP contribution is -2.39. The summed E-state index contributed by atoms with van der Waals surface area (Å²) < 4.78 is 0. The molecule has 16 heavy (non-hydrogen) atoms. The Morgan fingerprint density at radius 3 is 2.69 bits per heavy atom. The molecule has 1 amide bonds. The first-order chi connectivity index (χ1) is 7.56. The van der Waals surface area contributed by atoms with Gasteiger partial charge in [0.25, 0.3) is 0 Å². The van der Waals surface area contributed by atoms with Gasteiger partial charge in [0.05, 0.1) is 6.54 Å². The van der Waals surface area contributed by atoms with Gasteiger partial charge in [0.2, 0.25) is 5.91 Å². The highest BCUT2D eigenvalue weighted by atomic mass is 16.1. The molecule has 6 heteroatoms. The number of nitrogens with two attached hydrogens (primary N) is 1. The Morgan fingerprint density at radius 2 is 2.19 bits per heavy atom. The first kappa shape index (κ1) is 11.9. The quantitative estimate of drug-likeness (QED) is 0.771. The SMILES string of the molecule is CC(C)N(CC(N)=O)c1nccnc1C#N. The number of nitrogens with zero attached hydrogens (tertiary/aromatic N) is 4. The van der Waals surface area contributed by atoms with E-state index in [-0.39, 0.29) is 18.3 Å². The maximum absolute atomic E-state index is 10.9.